The maximum absolute atomic E-state index is 13.6. The first-order valence-corrected chi connectivity index (χ1v) is 7.31. The van der Waals surface area contributed by atoms with Crippen molar-refractivity contribution in [2.45, 2.75) is 32.5 Å². The molecule has 118 valence electrons. The molecule has 0 aliphatic rings. The SMILES string of the molecule is COc1cc(CCC(C)O)ccc1OCc1ccccc1F. The highest BCUT2D eigenvalue weighted by Gasteiger charge is 2.08. The molecule has 2 aromatic rings. The summed E-state index contributed by atoms with van der Waals surface area (Å²) < 4.78 is 24.6. The summed E-state index contributed by atoms with van der Waals surface area (Å²) in [5.41, 5.74) is 1.57. The Morgan fingerprint density at radius 2 is 1.91 bits per heavy atom. The summed E-state index contributed by atoms with van der Waals surface area (Å²) >= 11 is 0. The zero-order valence-corrected chi connectivity index (χ0v) is 12.9. The fraction of sp³-hybridized carbons (Fsp3) is 0.333. The number of hydrogen-bond donors (Lipinski definition) is 1. The van der Waals surface area contributed by atoms with Gasteiger partial charge < -0.3 is 14.6 Å². The van der Waals surface area contributed by atoms with E-state index in [9.17, 15) is 9.50 Å². The summed E-state index contributed by atoms with van der Waals surface area (Å²) in [4.78, 5) is 0. The predicted octanol–water partition coefficient (Wildman–Crippen LogP) is 3.73. The highest BCUT2D eigenvalue weighted by atomic mass is 19.1. The zero-order valence-electron chi connectivity index (χ0n) is 12.9. The van der Waals surface area contributed by atoms with Gasteiger partial charge in [-0.1, -0.05) is 24.3 Å². The molecule has 0 aliphatic carbocycles. The fourth-order valence-electron chi connectivity index (χ4n) is 2.13. The second kappa shape index (κ2) is 7.80. The van der Waals surface area contributed by atoms with Gasteiger partial charge in [0.1, 0.15) is 12.4 Å². The van der Waals surface area contributed by atoms with Crippen LogP contribution in [0.5, 0.6) is 11.5 Å². The molecule has 0 fully saturated rings. The summed E-state index contributed by atoms with van der Waals surface area (Å²) in [6.45, 7) is 1.92. The largest absolute Gasteiger partial charge is 0.493 e. The molecule has 0 saturated carbocycles. The number of rotatable bonds is 7. The van der Waals surface area contributed by atoms with E-state index < -0.39 is 0 Å². The highest BCUT2D eigenvalue weighted by molar-refractivity contribution is 5.43. The summed E-state index contributed by atoms with van der Waals surface area (Å²) in [7, 11) is 1.57. The van der Waals surface area contributed by atoms with Crippen molar-refractivity contribution in [3.8, 4) is 11.5 Å². The number of methoxy groups -OCH3 is 1. The Balaban J connectivity index is 2.06. The van der Waals surface area contributed by atoms with Crippen molar-refractivity contribution in [3.63, 3.8) is 0 Å². The molecule has 0 spiro atoms. The molecular weight excluding hydrogens is 283 g/mol. The van der Waals surface area contributed by atoms with E-state index in [1.54, 1.807) is 32.2 Å². The standard InChI is InChI=1S/C18H21FO3/c1-13(20)7-8-14-9-10-17(18(11-14)21-2)22-12-15-5-3-4-6-16(15)19/h3-6,9-11,13,20H,7-8,12H2,1-2H3. The molecule has 0 radical (unpaired) electrons. The lowest BCUT2D eigenvalue weighted by Gasteiger charge is -2.13. The van der Waals surface area contributed by atoms with E-state index in [1.165, 1.54) is 6.07 Å². The van der Waals surface area contributed by atoms with Crippen molar-refractivity contribution in [2.75, 3.05) is 7.11 Å². The molecular formula is C18H21FO3. The average Bonchev–Trinajstić information content (AvgIpc) is 2.52. The van der Waals surface area contributed by atoms with E-state index in [-0.39, 0.29) is 18.5 Å². The third-order valence-corrected chi connectivity index (χ3v) is 3.42. The number of ether oxygens (including phenoxy) is 2. The van der Waals surface area contributed by atoms with Crippen LogP contribution in [0, 0.1) is 5.82 Å². The maximum atomic E-state index is 13.6. The molecule has 0 aliphatic heterocycles. The van der Waals surface area contributed by atoms with Gasteiger partial charge >= 0.3 is 0 Å². The first-order chi connectivity index (χ1) is 10.6. The molecule has 1 N–H and O–H groups in total. The van der Waals surface area contributed by atoms with Crippen LogP contribution >= 0.6 is 0 Å². The molecule has 2 aromatic carbocycles. The second-order valence-electron chi connectivity index (χ2n) is 5.25. The van der Waals surface area contributed by atoms with Gasteiger partial charge in [-0.2, -0.15) is 0 Å². The predicted molar refractivity (Wildman–Crippen MR) is 83.7 cm³/mol. The Labute approximate surface area is 130 Å². The van der Waals surface area contributed by atoms with Gasteiger partial charge in [-0.25, -0.2) is 4.39 Å². The molecule has 22 heavy (non-hydrogen) atoms. The van der Waals surface area contributed by atoms with Gasteiger partial charge in [-0.05, 0) is 43.5 Å². The van der Waals surface area contributed by atoms with Crippen LogP contribution in [0.15, 0.2) is 42.5 Å². The van der Waals surface area contributed by atoms with Gasteiger partial charge in [-0.15, -0.1) is 0 Å². The summed E-state index contributed by atoms with van der Waals surface area (Å²) in [6.07, 6.45) is 1.13. The quantitative estimate of drug-likeness (QED) is 0.847. The van der Waals surface area contributed by atoms with Crippen molar-refractivity contribution < 1.29 is 19.0 Å². The van der Waals surface area contributed by atoms with Crippen LogP contribution in [-0.2, 0) is 13.0 Å². The number of aliphatic hydroxyl groups is 1. The second-order valence-corrected chi connectivity index (χ2v) is 5.25. The molecule has 0 saturated heterocycles. The lowest BCUT2D eigenvalue weighted by Crippen LogP contribution is -2.03. The van der Waals surface area contributed by atoms with E-state index in [2.05, 4.69) is 0 Å². The third kappa shape index (κ3) is 4.46. The van der Waals surface area contributed by atoms with Crippen molar-refractivity contribution in [3.05, 3.63) is 59.4 Å². The Morgan fingerprint density at radius 1 is 1.14 bits per heavy atom. The number of aliphatic hydroxyl groups excluding tert-OH is 1. The van der Waals surface area contributed by atoms with Crippen LogP contribution in [0.3, 0.4) is 0 Å². The number of halogens is 1. The third-order valence-electron chi connectivity index (χ3n) is 3.42. The van der Waals surface area contributed by atoms with Gasteiger partial charge in [0.05, 0.1) is 13.2 Å². The van der Waals surface area contributed by atoms with Crippen molar-refractivity contribution in [1.29, 1.82) is 0 Å². The van der Waals surface area contributed by atoms with E-state index in [1.807, 2.05) is 18.2 Å². The Morgan fingerprint density at radius 3 is 2.59 bits per heavy atom. The summed E-state index contributed by atoms with van der Waals surface area (Å²) in [5.74, 6) is 0.904. The molecule has 4 heteroatoms. The Kier molecular flexibility index (Phi) is 5.78. The minimum Gasteiger partial charge on any atom is -0.493 e. The van der Waals surface area contributed by atoms with Crippen LogP contribution in [0.1, 0.15) is 24.5 Å². The fourth-order valence-corrected chi connectivity index (χ4v) is 2.13. The van der Waals surface area contributed by atoms with Crippen molar-refractivity contribution in [2.24, 2.45) is 0 Å². The normalized spacial score (nSPS) is 12.0. The van der Waals surface area contributed by atoms with Crippen molar-refractivity contribution >= 4 is 0 Å². The average molecular weight is 304 g/mol. The first-order valence-electron chi connectivity index (χ1n) is 7.31. The van der Waals surface area contributed by atoms with Crippen LogP contribution in [0.4, 0.5) is 4.39 Å². The van der Waals surface area contributed by atoms with Gasteiger partial charge in [-0.3, -0.25) is 0 Å². The van der Waals surface area contributed by atoms with E-state index >= 15 is 0 Å². The lowest BCUT2D eigenvalue weighted by atomic mass is 10.1. The van der Waals surface area contributed by atoms with E-state index in [0.29, 0.717) is 23.5 Å². The van der Waals surface area contributed by atoms with Crippen LogP contribution in [-0.4, -0.2) is 18.3 Å². The molecule has 0 bridgehead atoms. The molecule has 1 unspecified atom stereocenters. The van der Waals surface area contributed by atoms with E-state index in [0.717, 1.165) is 12.0 Å². The number of benzene rings is 2. The first kappa shape index (κ1) is 16.3. The minimum absolute atomic E-state index is 0.149. The molecule has 2 rings (SSSR count). The highest BCUT2D eigenvalue weighted by Crippen LogP contribution is 2.29. The lowest BCUT2D eigenvalue weighted by molar-refractivity contribution is 0.185. The molecule has 0 heterocycles. The van der Waals surface area contributed by atoms with E-state index in [4.69, 9.17) is 9.47 Å². The molecule has 1 atom stereocenters. The van der Waals surface area contributed by atoms with Crippen LogP contribution in [0.2, 0.25) is 0 Å². The smallest absolute Gasteiger partial charge is 0.161 e. The van der Waals surface area contributed by atoms with Gasteiger partial charge in [0, 0.05) is 5.56 Å². The van der Waals surface area contributed by atoms with Gasteiger partial charge in [0.15, 0.2) is 11.5 Å². The number of aryl methyl sites for hydroxylation is 1. The van der Waals surface area contributed by atoms with Crippen LogP contribution < -0.4 is 9.47 Å². The van der Waals surface area contributed by atoms with Crippen molar-refractivity contribution in [1.82, 2.24) is 0 Å². The van der Waals surface area contributed by atoms with Gasteiger partial charge in [0.2, 0.25) is 0 Å². The van der Waals surface area contributed by atoms with Gasteiger partial charge in [0.25, 0.3) is 0 Å². The van der Waals surface area contributed by atoms with Crippen LogP contribution in [0.25, 0.3) is 0 Å². The maximum Gasteiger partial charge on any atom is 0.161 e. The Bertz CT molecular complexity index is 611. The summed E-state index contributed by atoms with van der Waals surface area (Å²) in [5, 5.41) is 9.34. The zero-order chi connectivity index (χ0) is 15.9. The molecule has 3 nitrogen and oxygen atoms in total. The molecule has 0 aromatic heterocycles. The minimum atomic E-state index is -0.331. The summed E-state index contributed by atoms with van der Waals surface area (Å²) in [6, 6.07) is 12.2. The monoisotopic (exact) mass is 304 g/mol. The number of hydrogen-bond acceptors (Lipinski definition) is 3. The topological polar surface area (TPSA) is 38.7 Å². The Hall–Kier alpha value is -2.07. The molecule has 0 amide bonds.